The number of hydrogen-bond acceptors (Lipinski definition) is 4. The van der Waals surface area contributed by atoms with Gasteiger partial charge < -0.3 is 19.0 Å². The van der Waals surface area contributed by atoms with Crippen molar-refractivity contribution in [1.82, 2.24) is 0 Å². The quantitative estimate of drug-likeness (QED) is 0.533. The average molecular weight is 409 g/mol. The number of ether oxygens (including phenoxy) is 2. The van der Waals surface area contributed by atoms with Crippen LogP contribution in [-0.2, 0) is 20.5 Å². The maximum Gasteiger partial charge on any atom is 0.192 e. The molecule has 1 N–H and O–H groups in total. The highest BCUT2D eigenvalue weighted by Gasteiger charge is 2.41. The van der Waals surface area contributed by atoms with Crippen molar-refractivity contribution in [2.24, 2.45) is 0 Å². The molecule has 0 amide bonds. The molecule has 2 rings (SSSR count). The lowest BCUT2D eigenvalue weighted by molar-refractivity contribution is -0.0742. The number of rotatable bonds is 10. The van der Waals surface area contributed by atoms with Crippen molar-refractivity contribution in [3.63, 3.8) is 0 Å². The van der Waals surface area contributed by atoms with E-state index in [9.17, 15) is 5.11 Å². The molecule has 4 nitrogen and oxygen atoms in total. The van der Waals surface area contributed by atoms with Crippen LogP contribution in [-0.4, -0.2) is 44.9 Å². The van der Waals surface area contributed by atoms with Gasteiger partial charge in [0.2, 0.25) is 0 Å². The van der Waals surface area contributed by atoms with E-state index in [1.165, 1.54) is 0 Å². The van der Waals surface area contributed by atoms with E-state index >= 15 is 0 Å². The normalized spacial score (nSPS) is 22.2. The minimum Gasteiger partial charge on any atom is -0.411 e. The SMILES string of the molecule is CC(C)(C)[Si](C)(C)O[C@H]1CCCO[C@@H]1CCCC(CO)OCc1ccccc1. The van der Waals surface area contributed by atoms with E-state index in [0.29, 0.717) is 6.61 Å². The molecule has 160 valence electrons. The van der Waals surface area contributed by atoms with Gasteiger partial charge in [-0.05, 0) is 55.8 Å². The van der Waals surface area contributed by atoms with Crippen LogP contribution in [0, 0.1) is 0 Å². The van der Waals surface area contributed by atoms with Crippen molar-refractivity contribution in [3.05, 3.63) is 35.9 Å². The number of benzene rings is 1. The molecule has 1 aliphatic rings. The number of hydrogen-bond donors (Lipinski definition) is 1. The van der Waals surface area contributed by atoms with E-state index in [-0.39, 0.29) is 30.0 Å². The summed E-state index contributed by atoms with van der Waals surface area (Å²) in [5.74, 6) is 0. The summed E-state index contributed by atoms with van der Waals surface area (Å²) in [4.78, 5) is 0. The molecule has 0 bridgehead atoms. The third kappa shape index (κ3) is 7.27. The Morgan fingerprint density at radius 2 is 1.93 bits per heavy atom. The predicted molar refractivity (Wildman–Crippen MR) is 117 cm³/mol. The van der Waals surface area contributed by atoms with Crippen LogP contribution in [0.2, 0.25) is 18.1 Å². The third-order valence-electron chi connectivity index (χ3n) is 6.18. The zero-order valence-corrected chi connectivity index (χ0v) is 19.4. The van der Waals surface area contributed by atoms with Gasteiger partial charge in [-0.3, -0.25) is 0 Å². The standard InChI is InChI=1S/C23H40O4Si/c1-23(2,3)28(4,5)27-22-15-10-16-25-21(22)14-9-13-20(17-24)26-18-19-11-7-6-8-12-19/h6-8,11-12,20-22,24H,9-10,13-18H2,1-5H3/t20?,21-,22+/m1/s1. The van der Waals surface area contributed by atoms with E-state index < -0.39 is 8.32 Å². The Morgan fingerprint density at radius 3 is 2.57 bits per heavy atom. The molecule has 0 saturated carbocycles. The molecule has 1 aliphatic heterocycles. The number of aliphatic hydroxyl groups excluding tert-OH is 1. The molecular weight excluding hydrogens is 368 g/mol. The van der Waals surface area contributed by atoms with Crippen molar-refractivity contribution >= 4 is 8.32 Å². The highest BCUT2D eigenvalue weighted by atomic mass is 28.4. The maximum absolute atomic E-state index is 9.66. The van der Waals surface area contributed by atoms with Gasteiger partial charge in [0.05, 0.1) is 31.5 Å². The van der Waals surface area contributed by atoms with Crippen molar-refractivity contribution in [1.29, 1.82) is 0 Å². The summed E-state index contributed by atoms with van der Waals surface area (Å²) in [7, 11) is -1.80. The van der Waals surface area contributed by atoms with Crippen LogP contribution < -0.4 is 0 Å². The second-order valence-corrected chi connectivity index (χ2v) is 14.3. The molecule has 3 atom stereocenters. The second-order valence-electron chi connectivity index (χ2n) is 9.50. The summed E-state index contributed by atoms with van der Waals surface area (Å²) in [5.41, 5.74) is 1.14. The van der Waals surface area contributed by atoms with Gasteiger partial charge in [0, 0.05) is 6.61 Å². The zero-order valence-electron chi connectivity index (χ0n) is 18.4. The van der Waals surface area contributed by atoms with Crippen LogP contribution in [0.3, 0.4) is 0 Å². The summed E-state index contributed by atoms with van der Waals surface area (Å²) in [6, 6.07) is 10.1. The fourth-order valence-electron chi connectivity index (χ4n) is 3.33. The van der Waals surface area contributed by atoms with Gasteiger partial charge in [-0.2, -0.15) is 0 Å². The minimum atomic E-state index is -1.80. The van der Waals surface area contributed by atoms with Gasteiger partial charge >= 0.3 is 0 Å². The highest BCUT2D eigenvalue weighted by molar-refractivity contribution is 6.74. The largest absolute Gasteiger partial charge is 0.411 e. The Hall–Kier alpha value is -0.723. The first kappa shape index (κ1) is 23.6. The van der Waals surface area contributed by atoms with Crippen LogP contribution in [0.4, 0.5) is 0 Å². The first-order valence-corrected chi connectivity index (χ1v) is 13.7. The molecule has 0 aliphatic carbocycles. The maximum atomic E-state index is 9.66. The zero-order chi connectivity index (χ0) is 20.6. The van der Waals surface area contributed by atoms with E-state index in [1.54, 1.807) is 0 Å². The lowest BCUT2D eigenvalue weighted by Gasteiger charge is -2.43. The van der Waals surface area contributed by atoms with E-state index in [2.05, 4.69) is 33.9 Å². The van der Waals surface area contributed by atoms with Gasteiger partial charge in [0.1, 0.15) is 0 Å². The Balaban J connectivity index is 1.80. The van der Waals surface area contributed by atoms with Gasteiger partial charge in [0.25, 0.3) is 0 Å². The fraction of sp³-hybridized carbons (Fsp3) is 0.739. The van der Waals surface area contributed by atoms with Gasteiger partial charge in [-0.15, -0.1) is 0 Å². The van der Waals surface area contributed by atoms with Crippen LogP contribution in [0.15, 0.2) is 30.3 Å². The Morgan fingerprint density at radius 1 is 1.21 bits per heavy atom. The monoisotopic (exact) mass is 408 g/mol. The van der Waals surface area contributed by atoms with Crippen molar-refractivity contribution in [2.75, 3.05) is 13.2 Å². The summed E-state index contributed by atoms with van der Waals surface area (Å²) in [6.07, 6.45) is 5.19. The molecule has 5 heteroatoms. The molecule has 1 saturated heterocycles. The fourth-order valence-corrected chi connectivity index (χ4v) is 4.71. The van der Waals surface area contributed by atoms with Crippen LogP contribution in [0.25, 0.3) is 0 Å². The molecule has 0 radical (unpaired) electrons. The lowest BCUT2D eigenvalue weighted by atomic mass is 9.99. The summed E-state index contributed by atoms with van der Waals surface area (Å²) in [6.45, 7) is 12.9. The Labute approximate surface area is 172 Å². The lowest BCUT2D eigenvalue weighted by Crippen LogP contribution is -2.49. The van der Waals surface area contributed by atoms with Crippen LogP contribution in [0.5, 0.6) is 0 Å². The Kier molecular flexibility index (Phi) is 9.16. The van der Waals surface area contributed by atoms with Gasteiger partial charge in [0.15, 0.2) is 8.32 Å². The topological polar surface area (TPSA) is 47.9 Å². The molecule has 1 fully saturated rings. The molecule has 28 heavy (non-hydrogen) atoms. The van der Waals surface area contributed by atoms with E-state index in [0.717, 1.165) is 44.3 Å². The van der Waals surface area contributed by atoms with Crippen LogP contribution in [0.1, 0.15) is 58.4 Å². The Bertz CT molecular complexity index is 555. The second kappa shape index (κ2) is 10.9. The van der Waals surface area contributed by atoms with Crippen molar-refractivity contribution in [3.8, 4) is 0 Å². The molecule has 0 aromatic heterocycles. The van der Waals surface area contributed by atoms with E-state index in [4.69, 9.17) is 13.9 Å². The molecule has 1 heterocycles. The molecule has 0 spiro atoms. The smallest absolute Gasteiger partial charge is 0.192 e. The van der Waals surface area contributed by atoms with Crippen molar-refractivity contribution < 1.29 is 19.0 Å². The summed E-state index contributed by atoms with van der Waals surface area (Å²) >= 11 is 0. The first-order valence-electron chi connectivity index (χ1n) is 10.8. The third-order valence-corrected chi connectivity index (χ3v) is 10.7. The van der Waals surface area contributed by atoms with Gasteiger partial charge in [-0.1, -0.05) is 51.1 Å². The highest BCUT2D eigenvalue weighted by Crippen LogP contribution is 2.39. The van der Waals surface area contributed by atoms with Crippen molar-refractivity contribution in [2.45, 2.75) is 95.9 Å². The van der Waals surface area contributed by atoms with E-state index in [1.807, 2.05) is 30.3 Å². The van der Waals surface area contributed by atoms with Crippen LogP contribution >= 0.6 is 0 Å². The average Bonchev–Trinajstić information content (AvgIpc) is 2.65. The predicted octanol–water partition coefficient (Wildman–Crippen LogP) is 5.30. The summed E-state index contributed by atoms with van der Waals surface area (Å²) in [5, 5.41) is 9.87. The summed E-state index contributed by atoms with van der Waals surface area (Å²) < 4.78 is 18.7. The molecule has 1 aromatic rings. The first-order chi connectivity index (χ1) is 13.2. The molecular formula is C23H40O4Si. The molecule has 1 aromatic carbocycles. The van der Waals surface area contributed by atoms with Gasteiger partial charge in [-0.25, -0.2) is 0 Å². The minimum absolute atomic E-state index is 0.0578. The molecule has 1 unspecified atom stereocenters. The number of aliphatic hydroxyl groups is 1.